The van der Waals surface area contributed by atoms with E-state index in [0.29, 0.717) is 0 Å². The molecule has 0 fully saturated rings. The van der Waals surface area contributed by atoms with Crippen molar-refractivity contribution in [2.45, 2.75) is 6.42 Å². The van der Waals surface area contributed by atoms with Gasteiger partial charge in [-0.2, -0.15) is 0 Å². The molecule has 0 spiro atoms. The number of nitrogens with two attached hydrogens (primary N) is 1. The van der Waals surface area contributed by atoms with Gasteiger partial charge in [-0.1, -0.05) is 23.2 Å². The summed E-state index contributed by atoms with van der Waals surface area (Å²) in [5.74, 6) is -0.906. The third-order valence-electron chi connectivity index (χ3n) is 1.72. The van der Waals surface area contributed by atoms with Crippen LogP contribution >= 0.6 is 23.2 Å². The third kappa shape index (κ3) is 3.67. The molecule has 1 aromatic heterocycles. The Morgan fingerprint density at radius 1 is 1.38 bits per heavy atom. The van der Waals surface area contributed by atoms with Crippen molar-refractivity contribution in [2.75, 3.05) is 6.54 Å². The van der Waals surface area contributed by atoms with E-state index in [1.807, 2.05) is 0 Å². The molecule has 0 saturated heterocycles. The van der Waals surface area contributed by atoms with Gasteiger partial charge < -0.3 is 11.1 Å². The molecule has 5 nitrogen and oxygen atoms in total. The smallest absolute Gasteiger partial charge is 0.254 e. The minimum absolute atomic E-state index is 0.0177. The van der Waals surface area contributed by atoms with Crippen LogP contribution in [0.5, 0.6) is 0 Å². The summed E-state index contributed by atoms with van der Waals surface area (Å²) in [6.45, 7) is 0.160. The number of nitrogens with zero attached hydrogens (tertiary/aromatic N) is 1. The Bertz CT molecular complexity index is 423. The normalized spacial score (nSPS) is 9.88. The van der Waals surface area contributed by atoms with Crippen LogP contribution in [0.3, 0.4) is 0 Å². The zero-order valence-electron chi connectivity index (χ0n) is 8.17. The number of hydrogen-bond donors (Lipinski definition) is 2. The second-order valence-electron chi connectivity index (χ2n) is 2.94. The van der Waals surface area contributed by atoms with E-state index in [1.165, 1.54) is 12.1 Å². The van der Waals surface area contributed by atoms with E-state index >= 15 is 0 Å². The van der Waals surface area contributed by atoms with Crippen LogP contribution in [-0.4, -0.2) is 23.3 Å². The van der Waals surface area contributed by atoms with Gasteiger partial charge in [-0.15, -0.1) is 0 Å². The molecule has 86 valence electrons. The van der Waals surface area contributed by atoms with Crippen molar-refractivity contribution in [2.24, 2.45) is 5.73 Å². The second kappa shape index (κ2) is 5.67. The number of rotatable bonds is 4. The van der Waals surface area contributed by atoms with Crippen LogP contribution in [0.25, 0.3) is 0 Å². The fourth-order valence-corrected chi connectivity index (χ4v) is 1.41. The first-order valence-electron chi connectivity index (χ1n) is 4.39. The maximum atomic E-state index is 11.5. The van der Waals surface area contributed by atoms with Gasteiger partial charge in [-0.05, 0) is 12.1 Å². The van der Waals surface area contributed by atoms with Crippen LogP contribution in [0.4, 0.5) is 0 Å². The number of pyridine rings is 1. The van der Waals surface area contributed by atoms with Crippen molar-refractivity contribution in [3.05, 3.63) is 28.0 Å². The van der Waals surface area contributed by atoms with E-state index in [2.05, 4.69) is 10.3 Å². The molecule has 1 heterocycles. The number of amides is 2. The molecular formula is C9H9Cl2N3O2. The van der Waals surface area contributed by atoms with Crippen LogP contribution < -0.4 is 11.1 Å². The highest BCUT2D eigenvalue weighted by Gasteiger charge is 2.11. The van der Waals surface area contributed by atoms with Gasteiger partial charge in [0.15, 0.2) is 0 Å². The van der Waals surface area contributed by atoms with Crippen LogP contribution in [0.1, 0.15) is 16.8 Å². The molecule has 7 heteroatoms. The van der Waals surface area contributed by atoms with Gasteiger partial charge >= 0.3 is 0 Å². The molecule has 0 unspecified atom stereocenters. The molecule has 0 radical (unpaired) electrons. The standard InChI is InChI=1S/C9H9Cl2N3O2/c10-6-2-1-5(8(11)14-6)9(16)13-4-3-7(12)15/h1-2H,3-4H2,(H2,12,15)(H,13,16). The van der Waals surface area contributed by atoms with Crippen LogP contribution in [-0.2, 0) is 4.79 Å². The summed E-state index contributed by atoms with van der Waals surface area (Å²) < 4.78 is 0. The van der Waals surface area contributed by atoms with Crippen molar-refractivity contribution in [3.63, 3.8) is 0 Å². The summed E-state index contributed by atoms with van der Waals surface area (Å²) >= 11 is 11.3. The molecule has 0 bridgehead atoms. The topological polar surface area (TPSA) is 85.1 Å². The maximum absolute atomic E-state index is 11.5. The van der Waals surface area contributed by atoms with Crippen LogP contribution in [0, 0.1) is 0 Å². The molecule has 3 N–H and O–H groups in total. The van der Waals surface area contributed by atoms with Crippen molar-refractivity contribution in [1.29, 1.82) is 0 Å². The zero-order chi connectivity index (χ0) is 12.1. The average molecular weight is 262 g/mol. The van der Waals surface area contributed by atoms with Gasteiger partial charge in [-0.3, -0.25) is 9.59 Å². The third-order valence-corrected chi connectivity index (χ3v) is 2.21. The fourth-order valence-electron chi connectivity index (χ4n) is 0.976. The van der Waals surface area contributed by atoms with E-state index in [1.54, 1.807) is 0 Å². The first-order valence-corrected chi connectivity index (χ1v) is 5.15. The lowest BCUT2D eigenvalue weighted by Gasteiger charge is -2.04. The van der Waals surface area contributed by atoms with Gasteiger partial charge in [0, 0.05) is 13.0 Å². The lowest BCUT2D eigenvalue weighted by atomic mass is 10.2. The quantitative estimate of drug-likeness (QED) is 0.793. The minimum atomic E-state index is -0.486. The fraction of sp³-hybridized carbons (Fsp3) is 0.222. The van der Waals surface area contributed by atoms with E-state index in [4.69, 9.17) is 28.9 Å². The number of carbonyl (C=O) groups is 2. The van der Waals surface area contributed by atoms with Gasteiger partial charge in [-0.25, -0.2) is 4.98 Å². The first kappa shape index (κ1) is 12.7. The van der Waals surface area contributed by atoms with Gasteiger partial charge in [0.25, 0.3) is 5.91 Å². The van der Waals surface area contributed by atoms with Crippen molar-refractivity contribution < 1.29 is 9.59 Å². The summed E-state index contributed by atoms with van der Waals surface area (Å²) in [6, 6.07) is 2.91. The predicted molar refractivity (Wildman–Crippen MR) is 60.4 cm³/mol. The van der Waals surface area contributed by atoms with Gasteiger partial charge in [0.1, 0.15) is 10.3 Å². The Kier molecular flexibility index (Phi) is 4.52. The van der Waals surface area contributed by atoms with E-state index in [-0.39, 0.29) is 28.8 Å². The van der Waals surface area contributed by atoms with Crippen molar-refractivity contribution in [3.8, 4) is 0 Å². The minimum Gasteiger partial charge on any atom is -0.370 e. The molecule has 0 aliphatic rings. The Balaban J connectivity index is 2.63. The van der Waals surface area contributed by atoms with Crippen LogP contribution in [0.2, 0.25) is 10.3 Å². The molecule has 0 aliphatic carbocycles. The van der Waals surface area contributed by atoms with E-state index in [0.717, 1.165) is 0 Å². The Labute approximate surface area is 102 Å². The first-order chi connectivity index (χ1) is 7.50. The Hall–Kier alpha value is -1.33. The Morgan fingerprint density at radius 3 is 2.62 bits per heavy atom. The summed E-state index contributed by atoms with van der Waals surface area (Å²) in [5, 5.41) is 2.71. The SMILES string of the molecule is NC(=O)CCNC(=O)c1ccc(Cl)nc1Cl. The summed E-state index contributed by atoms with van der Waals surface area (Å²) in [4.78, 5) is 25.7. The van der Waals surface area contributed by atoms with E-state index in [9.17, 15) is 9.59 Å². The highest BCUT2D eigenvalue weighted by molar-refractivity contribution is 6.34. The molecule has 0 aliphatic heterocycles. The number of hydrogen-bond acceptors (Lipinski definition) is 3. The monoisotopic (exact) mass is 261 g/mol. The Morgan fingerprint density at radius 2 is 2.06 bits per heavy atom. The van der Waals surface area contributed by atoms with Crippen molar-refractivity contribution >= 4 is 35.0 Å². The highest BCUT2D eigenvalue weighted by atomic mass is 35.5. The molecule has 2 amide bonds. The lowest BCUT2D eigenvalue weighted by molar-refractivity contribution is -0.117. The summed E-state index contributed by atoms with van der Waals surface area (Å²) in [5.41, 5.74) is 5.13. The van der Waals surface area contributed by atoms with Crippen molar-refractivity contribution in [1.82, 2.24) is 10.3 Å². The highest BCUT2D eigenvalue weighted by Crippen LogP contribution is 2.16. The largest absolute Gasteiger partial charge is 0.370 e. The predicted octanol–water partition coefficient (Wildman–Crippen LogP) is 0.994. The number of nitrogens with one attached hydrogen (secondary N) is 1. The number of carbonyl (C=O) groups excluding carboxylic acids is 2. The van der Waals surface area contributed by atoms with Crippen LogP contribution in [0.15, 0.2) is 12.1 Å². The van der Waals surface area contributed by atoms with Gasteiger partial charge in [0.05, 0.1) is 5.56 Å². The maximum Gasteiger partial charge on any atom is 0.254 e. The molecule has 0 aromatic carbocycles. The molecule has 1 rings (SSSR count). The van der Waals surface area contributed by atoms with Gasteiger partial charge in [0.2, 0.25) is 5.91 Å². The molecule has 0 atom stereocenters. The summed E-state index contributed by atoms with van der Waals surface area (Å²) in [6.07, 6.45) is 0.0738. The number of halogens is 2. The lowest BCUT2D eigenvalue weighted by Crippen LogP contribution is -2.28. The van der Waals surface area contributed by atoms with E-state index < -0.39 is 11.8 Å². The molecule has 16 heavy (non-hydrogen) atoms. The number of aromatic nitrogens is 1. The second-order valence-corrected chi connectivity index (χ2v) is 3.69. The molecular weight excluding hydrogens is 253 g/mol. The number of primary amides is 1. The average Bonchev–Trinajstić information content (AvgIpc) is 2.16. The zero-order valence-corrected chi connectivity index (χ0v) is 9.68. The summed E-state index contributed by atoms with van der Waals surface area (Å²) in [7, 11) is 0. The molecule has 0 saturated carbocycles. The molecule has 1 aromatic rings.